The van der Waals surface area contributed by atoms with Crippen LogP contribution in [0.15, 0.2) is 41.2 Å². The van der Waals surface area contributed by atoms with E-state index in [9.17, 15) is 32.4 Å². The van der Waals surface area contributed by atoms with Crippen molar-refractivity contribution >= 4 is 44.8 Å². The average molecular weight is 683 g/mol. The van der Waals surface area contributed by atoms with Crippen LogP contribution in [-0.4, -0.2) is 78.2 Å². The summed E-state index contributed by atoms with van der Waals surface area (Å²) < 4.78 is 43.1. The number of carbonyl (C=O) groups is 4. The van der Waals surface area contributed by atoms with Crippen molar-refractivity contribution in [3.63, 3.8) is 0 Å². The van der Waals surface area contributed by atoms with Crippen LogP contribution >= 0.6 is 0 Å². The van der Waals surface area contributed by atoms with Crippen molar-refractivity contribution in [2.75, 3.05) is 26.4 Å². The Hall–Kier alpha value is -5.09. The van der Waals surface area contributed by atoms with Gasteiger partial charge in [-0.05, 0) is 51.2 Å². The minimum Gasteiger partial charge on any atom is -0.478 e. The number of carboxylic acid groups (broad SMARTS) is 1. The number of esters is 2. The summed E-state index contributed by atoms with van der Waals surface area (Å²) >= 11 is 0. The largest absolute Gasteiger partial charge is 0.478 e. The van der Waals surface area contributed by atoms with Crippen LogP contribution in [-0.2, 0) is 64.1 Å². The molecule has 2 aliphatic rings. The van der Waals surface area contributed by atoms with E-state index in [2.05, 4.69) is 5.32 Å². The van der Waals surface area contributed by atoms with Gasteiger partial charge in [-0.15, -0.1) is 0 Å². The quantitative estimate of drug-likeness (QED) is 0.124. The number of hydrogen-bond acceptors (Lipinski definition) is 12. The third-order valence-corrected chi connectivity index (χ3v) is 9.29. The number of ether oxygens (including phenoxy) is 2. The van der Waals surface area contributed by atoms with Crippen LogP contribution in [0.2, 0.25) is 0 Å². The number of aliphatic carboxylic acids is 1. The van der Waals surface area contributed by atoms with Gasteiger partial charge in [0.05, 0.1) is 34.8 Å². The highest BCUT2D eigenvalue weighted by molar-refractivity contribution is 7.87. The number of aromatic nitrogens is 2. The second-order valence-corrected chi connectivity index (χ2v) is 13.3. The molecule has 0 saturated heterocycles. The van der Waals surface area contributed by atoms with Crippen LogP contribution in [0.3, 0.4) is 0 Å². The number of nitrogens with one attached hydrogen (secondary N) is 1. The molecule has 3 aromatic rings. The van der Waals surface area contributed by atoms with Crippen LogP contribution in [0, 0.1) is 0 Å². The third kappa shape index (κ3) is 6.53. The Labute approximate surface area is 275 Å². The summed E-state index contributed by atoms with van der Waals surface area (Å²) in [7, 11) is -0.152. The van der Waals surface area contributed by atoms with Crippen molar-refractivity contribution in [3.05, 3.63) is 69.0 Å². The number of cyclic esters (lactones) is 1. The number of pyridine rings is 2. The number of amides is 1. The highest BCUT2D eigenvalue weighted by atomic mass is 32.2. The topological polar surface area (TPSA) is 200 Å². The van der Waals surface area contributed by atoms with Crippen LogP contribution in [0.4, 0.5) is 0 Å². The van der Waals surface area contributed by atoms with Gasteiger partial charge in [-0.25, -0.2) is 14.6 Å². The Bertz CT molecular complexity index is 2050. The smallest absolute Gasteiger partial charge is 0.355 e. The molecule has 2 aliphatic heterocycles. The molecule has 2 aromatic heterocycles. The van der Waals surface area contributed by atoms with E-state index in [0.717, 1.165) is 6.08 Å². The normalized spacial score (nSPS) is 16.7. The summed E-state index contributed by atoms with van der Waals surface area (Å²) in [5.41, 5.74) is 0.404. The van der Waals surface area contributed by atoms with Crippen molar-refractivity contribution < 1.29 is 46.4 Å². The lowest BCUT2D eigenvalue weighted by Gasteiger charge is -2.35. The molecule has 0 fully saturated rings. The molecule has 254 valence electrons. The molecular formula is C32H34N4O11S. The van der Waals surface area contributed by atoms with Crippen LogP contribution < -0.4 is 15.1 Å². The second kappa shape index (κ2) is 13.2. The number of benzene rings is 1. The zero-order valence-corrected chi connectivity index (χ0v) is 27.5. The molecule has 4 heterocycles. The number of rotatable bonds is 12. The number of fused-ring (bicyclic) bond motifs is 5. The Morgan fingerprint density at radius 1 is 1.17 bits per heavy atom. The van der Waals surface area contributed by atoms with E-state index in [4.69, 9.17) is 23.7 Å². The summed E-state index contributed by atoms with van der Waals surface area (Å²) in [6, 6.07) is 6.62. The monoisotopic (exact) mass is 682 g/mol. The third-order valence-electron chi connectivity index (χ3n) is 7.95. The van der Waals surface area contributed by atoms with Crippen molar-refractivity contribution in [2.45, 2.75) is 52.0 Å². The first-order valence-corrected chi connectivity index (χ1v) is 16.6. The fourth-order valence-corrected chi connectivity index (χ4v) is 6.84. The molecule has 0 unspecified atom stereocenters. The Morgan fingerprint density at radius 2 is 1.92 bits per heavy atom. The van der Waals surface area contributed by atoms with Gasteiger partial charge in [0.1, 0.15) is 18.9 Å². The summed E-state index contributed by atoms with van der Waals surface area (Å²) in [4.78, 5) is 69.2. The lowest BCUT2D eigenvalue weighted by molar-refractivity contribution is -0.189. The van der Waals surface area contributed by atoms with Crippen molar-refractivity contribution in [1.29, 1.82) is 0 Å². The predicted octanol–water partition coefficient (Wildman–Crippen LogP) is 1.57. The molecule has 5 rings (SSSR count). The first-order valence-electron chi connectivity index (χ1n) is 15.1. The summed E-state index contributed by atoms with van der Waals surface area (Å²) in [5.74, 6) is -4.08. The lowest BCUT2D eigenvalue weighted by Crippen LogP contribution is -2.48. The van der Waals surface area contributed by atoms with Crippen LogP contribution in [0.5, 0.6) is 5.75 Å². The Kier molecular flexibility index (Phi) is 9.42. The zero-order valence-electron chi connectivity index (χ0n) is 26.7. The van der Waals surface area contributed by atoms with Gasteiger partial charge >= 0.3 is 28.0 Å². The minimum absolute atomic E-state index is 0.101. The van der Waals surface area contributed by atoms with Crippen molar-refractivity contribution in [2.24, 2.45) is 0 Å². The lowest BCUT2D eigenvalue weighted by atomic mass is 9.85. The maximum Gasteiger partial charge on any atom is 0.355 e. The van der Waals surface area contributed by atoms with Crippen LogP contribution in [0.25, 0.3) is 22.3 Å². The molecule has 0 radical (unpaired) electrons. The first-order chi connectivity index (χ1) is 22.7. The second-order valence-electron chi connectivity index (χ2n) is 11.6. The number of carbonyl (C=O) groups excluding carboxylic acids is 3. The molecule has 0 saturated carbocycles. The molecule has 0 spiro atoms. The molecule has 1 aromatic carbocycles. The molecule has 1 amide bonds. The van der Waals surface area contributed by atoms with Gasteiger partial charge in [-0.3, -0.25) is 14.4 Å². The van der Waals surface area contributed by atoms with Gasteiger partial charge < -0.3 is 33.5 Å². The number of carboxylic acids is 1. The Balaban J connectivity index is 1.57. The van der Waals surface area contributed by atoms with E-state index in [1.807, 2.05) is 25.1 Å². The fourth-order valence-electron chi connectivity index (χ4n) is 5.83. The van der Waals surface area contributed by atoms with Crippen molar-refractivity contribution in [3.8, 4) is 17.1 Å². The van der Waals surface area contributed by atoms with E-state index < -0.39 is 51.6 Å². The standard InChI is InChI=1S/C32H34N4O11S/c1-5-11-48(43,44)47-25-8-7-23-19(20(25)16-35(3)4)12-18-15-36-24(29(18)34-23)13-22-21(30(36)41)17-45-31(42)32(22,6-2)46-28(40)14-33-26(37)9-10-27(38)39/h7-10,12-13H,5-6,11,14-17H2,1-4H3,(H,33,37)(H,38,39)/b10-9+/t32-/m0/s1. The van der Waals surface area contributed by atoms with E-state index >= 15 is 0 Å². The van der Waals surface area contributed by atoms with Crippen LogP contribution in [0.1, 0.15) is 48.9 Å². The Morgan fingerprint density at radius 3 is 2.58 bits per heavy atom. The molecule has 2 N–H and O–H groups in total. The summed E-state index contributed by atoms with van der Waals surface area (Å²) in [6.45, 7) is 2.76. The molecule has 16 heteroatoms. The molecule has 1 atom stereocenters. The van der Waals surface area contributed by atoms with Gasteiger partial charge in [0.2, 0.25) is 11.5 Å². The van der Waals surface area contributed by atoms with E-state index in [1.54, 1.807) is 32.0 Å². The fraction of sp³-hybridized carbons (Fsp3) is 0.375. The van der Waals surface area contributed by atoms with Gasteiger partial charge in [-0.1, -0.05) is 13.8 Å². The average Bonchev–Trinajstić information content (AvgIpc) is 3.38. The minimum atomic E-state index is -3.83. The maximum atomic E-state index is 13.9. The van der Waals surface area contributed by atoms with E-state index in [-0.39, 0.29) is 42.2 Å². The molecule has 0 bridgehead atoms. The van der Waals surface area contributed by atoms with Gasteiger partial charge in [0.25, 0.3) is 5.56 Å². The predicted molar refractivity (Wildman–Crippen MR) is 170 cm³/mol. The van der Waals surface area contributed by atoms with Gasteiger partial charge in [0, 0.05) is 40.8 Å². The van der Waals surface area contributed by atoms with E-state index in [1.165, 1.54) is 4.57 Å². The van der Waals surface area contributed by atoms with E-state index in [0.29, 0.717) is 52.5 Å². The SMILES string of the molecule is CCCS(=O)(=O)Oc1ccc2nc3c(cc2c1CN(C)C)Cn1c-3cc2c(c1=O)COC(=O)[C@@]2(CC)OC(=O)CNC(=O)/C=C/C(=O)O. The van der Waals surface area contributed by atoms with Crippen molar-refractivity contribution in [1.82, 2.24) is 19.8 Å². The highest BCUT2D eigenvalue weighted by Gasteiger charge is 2.50. The maximum absolute atomic E-state index is 13.9. The molecular weight excluding hydrogens is 648 g/mol. The van der Waals surface area contributed by atoms with Gasteiger partial charge in [0.15, 0.2) is 0 Å². The number of hydrogen-bond donors (Lipinski definition) is 2. The first kappa shape index (κ1) is 34.3. The number of nitrogens with zero attached hydrogens (tertiary/aromatic N) is 3. The molecule has 0 aliphatic carbocycles. The highest BCUT2D eigenvalue weighted by Crippen LogP contribution is 2.41. The molecule has 48 heavy (non-hydrogen) atoms. The van der Waals surface area contributed by atoms with Gasteiger partial charge in [-0.2, -0.15) is 8.42 Å². The zero-order chi connectivity index (χ0) is 35.0. The summed E-state index contributed by atoms with van der Waals surface area (Å²) in [5, 5.41) is 11.5. The molecule has 15 nitrogen and oxygen atoms in total. The summed E-state index contributed by atoms with van der Waals surface area (Å²) in [6.07, 6.45) is 1.61.